The topological polar surface area (TPSA) is 29.5 Å². The summed E-state index contributed by atoms with van der Waals surface area (Å²) in [5.74, 6) is -0.0126. The highest BCUT2D eigenvalue weighted by Crippen LogP contribution is 2.38. The number of amides is 1. The maximum Gasteiger partial charge on any atom is 0.416 e. The molecule has 0 aliphatic carbocycles. The van der Waals surface area contributed by atoms with Crippen molar-refractivity contribution in [1.29, 1.82) is 0 Å². The number of halogens is 6. The molecule has 29 heavy (non-hydrogen) atoms. The van der Waals surface area contributed by atoms with Gasteiger partial charge in [-0.1, -0.05) is 12.6 Å². The van der Waals surface area contributed by atoms with Crippen molar-refractivity contribution in [3.05, 3.63) is 71.3 Å². The third-order valence-electron chi connectivity index (χ3n) is 4.47. The van der Waals surface area contributed by atoms with Crippen LogP contribution in [0, 0.1) is 0 Å². The monoisotopic (exact) mass is 415 g/mol. The zero-order valence-electron chi connectivity index (χ0n) is 14.9. The van der Waals surface area contributed by atoms with Gasteiger partial charge in [0.2, 0.25) is 5.91 Å². The molecular weight excluding hydrogens is 400 g/mol. The van der Waals surface area contributed by atoms with Gasteiger partial charge in [0.15, 0.2) is 0 Å². The largest absolute Gasteiger partial charge is 0.489 e. The first-order valence-corrected chi connectivity index (χ1v) is 8.47. The number of alkyl halides is 6. The van der Waals surface area contributed by atoms with Crippen LogP contribution >= 0.6 is 0 Å². The maximum atomic E-state index is 13.0. The van der Waals surface area contributed by atoms with Crippen LogP contribution in [0.4, 0.5) is 32.0 Å². The molecule has 154 valence electrons. The van der Waals surface area contributed by atoms with Crippen LogP contribution in [0.1, 0.15) is 22.3 Å². The Labute approximate surface area is 162 Å². The first kappa shape index (κ1) is 20.8. The summed E-state index contributed by atoms with van der Waals surface area (Å²) in [5.41, 5.74) is -1.82. The summed E-state index contributed by atoms with van der Waals surface area (Å²) in [6.45, 7) is 3.32. The summed E-state index contributed by atoms with van der Waals surface area (Å²) in [7, 11) is 0. The Hall–Kier alpha value is -2.97. The van der Waals surface area contributed by atoms with Gasteiger partial charge in [-0.25, -0.2) is 0 Å². The number of anilines is 1. The average molecular weight is 415 g/mol. The Kier molecular flexibility index (Phi) is 5.34. The summed E-state index contributed by atoms with van der Waals surface area (Å²) in [6, 6.07) is 6.16. The summed E-state index contributed by atoms with van der Waals surface area (Å²) in [6.07, 6.45) is -8.24. The number of rotatable bonds is 4. The van der Waals surface area contributed by atoms with Crippen LogP contribution in [0.2, 0.25) is 0 Å². The molecule has 1 heterocycles. The number of carbonyl (C=O) groups is 1. The number of fused-ring (bicyclic) bond motifs is 1. The SMILES string of the molecule is C=CC(=O)N1CCc2c(OCc3cc(C(F)(F)F)cc(C(F)(F)F)c3)cccc21. The van der Waals surface area contributed by atoms with Crippen molar-refractivity contribution in [3.8, 4) is 5.75 Å². The minimum Gasteiger partial charge on any atom is -0.489 e. The molecule has 0 saturated carbocycles. The molecule has 1 aliphatic heterocycles. The summed E-state index contributed by atoms with van der Waals surface area (Å²) < 4.78 is 83.4. The molecule has 1 aliphatic rings. The van der Waals surface area contributed by atoms with Crippen molar-refractivity contribution in [1.82, 2.24) is 0 Å². The molecule has 0 spiro atoms. The van der Waals surface area contributed by atoms with Crippen molar-refractivity contribution in [2.24, 2.45) is 0 Å². The minimum absolute atomic E-state index is 0.0719. The Bertz CT molecular complexity index is 917. The fourth-order valence-electron chi connectivity index (χ4n) is 3.14. The second-order valence-electron chi connectivity index (χ2n) is 6.40. The molecule has 3 nitrogen and oxygen atoms in total. The summed E-state index contributed by atoms with van der Waals surface area (Å²) in [4.78, 5) is 13.4. The lowest BCUT2D eigenvalue weighted by atomic mass is 10.1. The van der Waals surface area contributed by atoms with Gasteiger partial charge in [-0.2, -0.15) is 26.3 Å². The quantitative estimate of drug-likeness (QED) is 0.496. The number of hydrogen-bond acceptors (Lipinski definition) is 2. The van der Waals surface area contributed by atoms with E-state index in [4.69, 9.17) is 4.74 Å². The number of ether oxygens (including phenoxy) is 1. The number of hydrogen-bond donors (Lipinski definition) is 0. The predicted molar refractivity (Wildman–Crippen MR) is 93.5 cm³/mol. The smallest absolute Gasteiger partial charge is 0.416 e. The van der Waals surface area contributed by atoms with Crippen LogP contribution in [-0.4, -0.2) is 12.5 Å². The lowest BCUT2D eigenvalue weighted by Gasteiger charge is -2.17. The van der Waals surface area contributed by atoms with E-state index in [0.29, 0.717) is 42.1 Å². The lowest BCUT2D eigenvalue weighted by Crippen LogP contribution is -2.26. The number of benzene rings is 2. The molecule has 2 aromatic carbocycles. The van der Waals surface area contributed by atoms with E-state index < -0.39 is 30.1 Å². The van der Waals surface area contributed by atoms with Crippen molar-refractivity contribution in [2.75, 3.05) is 11.4 Å². The molecule has 0 atom stereocenters. The van der Waals surface area contributed by atoms with Gasteiger partial charge in [0.05, 0.1) is 16.8 Å². The minimum atomic E-state index is -4.92. The Morgan fingerprint density at radius 2 is 1.69 bits per heavy atom. The van der Waals surface area contributed by atoms with E-state index in [1.807, 2.05) is 0 Å². The van der Waals surface area contributed by atoms with E-state index in [1.54, 1.807) is 18.2 Å². The molecule has 0 unspecified atom stereocenters. The zero-order valence-corrected chi connectivity index (χ0v) is 14.9. The van der Waals surface area contributed by atoms with Crippen molar-refractivity contribution < 1.29 is 35.9 Å². The molecule has 0 saturated heterocycles. The van der Waals surface area contributed by atoms with Gasteiger partial charge in [0.25, 0.3) is 0 Å². The highest BCUT2D eigenvalue weighted by Gasteiger charge is 2.37. The van der Waals surface area contributed by atoms with Crippen molar-refractivity contribution in [2.45, 2.75) is 25.4 Å². The maximum absolute atomic E-state index is 13.0. The first-order chi connectivity index (χ1) is 13.5. The second kappa shape index (κ2) is 7.46. The van der Waals surface area contributed by atoms with Crippen LogP contribution in [-0.2, 0) is 30.2 Å². The normalized spacial score (nSPS) is 13.9. The van der Waals surface area contributed by atoms with E-state index in [-0.39, 0.29) is 17.5 Å². The molecular formula is C20H15F6NO2. The van der Waals surface area contributed by atoms with Crippen LogP contribution in [0.5, 0.6) is 5.75 Å². The van der Waals surface area contributed by atoms with Crippen LogP contribution in [0.25, 0.3) is 0 Å². The van der Waals surface area contributed by atoms with Crippen molar-refractivity contribution >= 4 is 11.6 Å². The predicted octanol–water partition coefficient (Wildman–Crippen LogP) is 5.38. The second-order valence-corrected chi connectivity index (χ2v) is 6.40. The van der Waals surface area contributed by atoms with E-state index in [0.717, 1.165) is 6.08 Å². The van der Waals surface area contributed by atoms with Gasteiger partial charge in [0, 0.05) is 12.1 Å². The molecule has 0 N–H and O–H groups in total. The lowest BCUT2D eigenvalue weighted by molar-refractivity contribution is -0.143. The van der Waals surface area contributed by atoms with E-state index in [2.05, 4.69) is 6.58 Å². The fraction of sp³-hybridized carbons (Fsp3) is 0.250. The van der Waals surface area contributed by atoms with Gasteiger partial charge in [-0.3, -0.25) is 4.79 Å². The molecule has 1 amide bonds. The number of nitrogens with zero attached hydrogens (tertiary/aromatic N) is 1. The standard InChI is InChI=1S/C20H15F6NO2/c1-2-18(28)27-7-6-15-16(27)4-3-5-17(15)29-11-12-8-13(19(21,22)23)10-14(9-12)20(24,25)26/h2-5,8-10H,1,6-7,11H2. The van der Waals surface area contributed by atoms with Gasteiger partial charge in [0.1, 0.15) is 12.4 Å². The Morgan fingerprint density at radius 1 is 1.07 bits per heavy atom. The summed E-state index contributed by atoms with van der Waals surface area (Å²) >= 11 is 0. The van der Waals surface area contributed by atoms with Crippen LogP contribution in [0.3, 0.4) is 0 Å². The Balaban J connectivity index is 1.89. The highest BCUT2D eigenvalue weighted by atomic mass is 19.4. The van der Waals surface area contributed by atoms with E-state index >= 15 is 0 Å². The average Bonchev–Trinajstić information content (AvgIpc) is 3.09. The third-order valence-corrected chi connectivity index (χ3v) is 4.47. The van der Waals surface area contributed by atoms with E-state index in [1.165, 1.54) is 4.90 Å². The molecule has 9 heteroatoms. The van der Waals surface area contributed by atoms with Crippen LogP contribution in [0.15, 0.2) is 49.1 Å². The highest BCUT2D eigenvalue weighted by molar-refractivity contribution is 6.02. The molecule has 0 aromatic heterocycles. The zero-order chi connectivity index (χ0) is 21.4. The third kappa shape index (κ3) is 4.38. The van der Waals surface area contributed by atoms with Crippen LogP contribution < -0.4 is 9.64 Å². The molecule has 0 radical (unpaired) electrons. The first-order valence-electron chi connectivity index (χ1n) is 8.47. The van der Waals surface area contributed by atoms with Gasteiger partial charge >= 0.3 is 12.4 Å². The van der Waals surface area contributed by atoms with Gasteiger partial charge < -0.3 is 9.64 Å². The Morgan fingerprint density at radius 3 is 2.24 bits per heavy atom. The molecule has 0 bridgehead atoms. The van der Waals surface area contributed by atoms with Gasteiger partial charge in [-0.15, -0.1) is 0 Å². The summed E-state index contributed by atoms with van der Waals surface area (Å²) in [5, 5.41) is 0. The molecule has 2 aromatic rings. The molecule has 3 rings (SSSR count). The number of carbonyl (C=O) groups excluding carboxylic acids is 1. The van der Waals surface area contributed by atoms with Crippen molar-refractivity contribution in [3.63, 3.8) is 0 Å². The molecule has 0 fully saturated rings. The van der Waals surface area contributed by atoms with Gasteiger partial charge in [-0.05, 0) is 48.4 Å². The van der Waals surface area contributed by atoms with E-state index in [9.17, 15) is 31.1 Å². The fourth-order valence-corrected chi connectivity index (χ4v) is 3.14.